The van der Waals surface area contributed by atoms with Crippen molar-refractivity contribution in [2.24, 2.45) is 0 Å². The summed E-state index contributed by atoms with van der Waals surface area (Å²) in [5.74, 6) is 0.370. The van der Waals surface area contributed by atoms with Gasteiger partial charge in [0, 0.05) is 24.6 Å². The van der Waals surface area contributed by atoms with Crippen molar-refractivity contribution in [3.05, 3.63) is 56.7 Å². The Kier molecular flexibility index (Phi) is 6.04. The van der Waals surface area contributed by atoms with Crippen molar-refractivity contribution in [2.45, 2.75) is 18.9 Å². The number of thiophene rings is 1. The Morgan fingerprint density at radius 1 is 1.16 bits per heavy atom. The highest BCUT2D eigenvalue weighted by Crippen LogP contribution is 2.22. The fourth-order valence-electron chi connectivity index (χ4n) is 2.08. The van der Waals surface area contributed by atoms with Crippen molar-refractivity contribution in [2.75, 3.05) is 13.2 Å². The lowest BCUT2D eigenvalue weighted by atomic mass is 9.96. The first-order chi connectivity index (χ1) is 9.29. The molecule has 1 unspecified atom stereocenters. The van der Waals surface area contributed by atoms with E-state index >= 15 is 0 Å². The highest BCUT2D eigenvalue weighted by molar-refractivity contribution is 9.11. The quantitative estimate of drug-likeness (QED) is 0.804. The van der Waals surface area contributed by atoms with Gasteiger partial charge in [-0.1, -0.05) is 30.3 Å². The Morgan fingerprint density at radius 3 is 2.58 bits per heavy atom. The molecule has 1 aromatic carbocycles. The molecule has 1 heterocycles. The zero-order valence-corrected chi connectivity index (χ0v) is 13.1. The van der Waals surface area contributed by atoms with Crippen LogP contribution >= 0.6 is 27.3 Å². The number of benzene rings is 1. The van der Waals surface area contributed by atoms with Crippen molar-refractivity contribution in [3.8, 4) is 0 Å². The summed E-state index contributed by atoms with van der Waals surface area (Å²) in [7, 11) is 0. The number of hydrogen-bond acceptors (Lipinski definition) is 3. The summed E-state index contributed by atoms with van der Waals surface area (Å²) in [6, 6.07) is 14.6. The predicted octanol–water partition coefficient (Wildman–Crippen LogP) is 3.77. The summed E-state index contributed by atoms with van der Waals surface area (Å²) >= 11 is 5.23. The largest absolute Gasteiger partial charge is 0.396 e. The molecule has 0 aliphatic heterocycles. The fourth-order valence-corrected chi connectivity index (χ4v) is 3.54. The van der Waals surface area contributed by atoms with Gasteiger partial charge in [0.2, 0.25) is 0 Å². The standard InChI is InChI=1S/C15H18BrNOS/c16-15-7-6-14(19-15)11-17-10-13(8-9-18)12-4-2-1-3-5-12/h1-7,13,17-18H,8-11H2. The molecule has 0 aliphatic carbocycles. The molecule has 0 saturated heterocycles. The first kappa shape index (κ1) is 14.7. The second-order valence-electron chi connectivity index (χ2n) is 4.46. The molecule has 0 bridgehead atoms. The molecule has 19 heavy (non-hydrogen) atoms. The second-order valence-corrected chi connectivity index (χ2v) is 7.00. The molecule has 2 aromatic rings. The minimum Gasteiger partial charge on any atom is -0.396 e. The lowest BCUT2D eigenvalue weighted by Crippen LogP contribution is -2.21. The van der Waals surface area contributed by atoms with Crippen molar-refractivity contribution >= 4 is 27.3 Å². The molecule has 0 spiro atoms. The molecular formula is C15H18BrNOS. The first-order valence-electron chi connectivity index (χ1n) is 6.40. The van der Waals surface area contributed by atoms with E-state index in [1.165, 1.54) is 14.2 Å². The van der Waals surface area contributed by atoms with Crippen molar-refractivity contribution in [3.63, 3.8) is 0 Å². The molecule has 2 nitrogen and oxygen atoms in total. The zero-order chi connectivity index (χ0) is 13.5. The van der Waals surface area contributed by atoms with Gasteiger partial charge in [0.15, 0.2) is 0 Å². The van der Waals surface area contributed by atoms with Crippen LogP contribution in [0.5, 0.6) is 0 Å². The van der Waals surface area contributed by atoms with Crippen LogP contribution in [0.3, 0.4) is 0 Å². The fraction of sp³-hybridized carbons (Fsp3) is 0.333. The van der Waals surface area contributed by atoms with E-state index in [4.69, 9.17) is 0 Å². The second kappa shape index (κ2) is 7.80. The lowest BCUT2D eigenvalue weighted by Gasteiger charge is -2.16. The van der Waals surface area contributed by atoms with E-state index in [0.29, 0.717) is 5.92 Å². The number of aliphatic hydroxyl groups is 1. The van der Waals surface area contributed by atoms with Gasteiger partial charge in [0.1, 0.15) is 0 Å². The number of hydrogen-bond donors (Lipinski definition) is 2. The molecule has 2 N–H and O–H groups in total. The van der Waals surface area contributed by atoms with Gasteiger partial charge in [0.25, 0.3) is 0 Å². The van der Waals surface area contributed by atoms with E-state index in [0.717, 1.165) is 19.5 Å². The molecule has 1 atom stereocenters. The lowest BCUT2D eigenvalue weighted by molar-refractivity contribution is 0.273. The molecule has 0 aliphatic rings. The van der Waals surface area contributed by atoms with Crippen LogP contribution in [0.15, 0.2) is 46.3 Å². The third kappa shape index (κ3) is 4.73. The van der Waals surface area contributed by atoms with Crippen LogP contribution in [0.1, 0.15) is 22.8 Å². The number of nitrogens with one attached hydrogen (secondary N) is 1. The minimum atomic E-state index is 0.228. The van der Waals surface area contributed by atoms with Gasteiger partial charge in [-0.15, -0.1) is 11.3 Å². The Labute approximate surface area is 126 Å². The normalized spacial score (nSPS) is 12.5. The summed E-state index contributed by atoms with van der Waals surface area (Å²) in [5.41, 5.74) is 1.29. The van der Waals surface area contributed by atoms with Gasteiger partial charge in [-0.25, -0.2) is 0 Å². The zero-order valence-electron chi connectivity index (χ0n) is 10.7. The summed E-state index contributed by atoms with van der Waals surface area (Å²) < 4.78 is 1.17. The van der Waals surface area contributed by atoms with Crippen molar-refractivity contribution < 1.29 is 5.11 Å². The van der Waals surface area contributed by atoms with Gasteiger partial charge in [-0.3, -0.25) is 0 Å². The molecule has 102 valence electrons. The number of aliphatic hydroxyl groups excluding tert-OH is 1. The third-order valence-corrected chi connectivity index (χ3v) is 4.69. The Bertz CT molecular complexity index is 486. The van der Waals surface area contributed by atoms with Gasteiger partial charge in [-0.05, 0) is 46.0 Å². The van der Waals surface area contributed by atoms with Crippen LogP contribution in [0, 0.1) is 0 Å². The highest BCUT2D eigenvalue weighted by Gasteiger charge is 2.10. The van der Waals surface area contributed by atoms with Gasteiger partial charge >= 0.3 is 0 Å². The maximum Gasteiger partial charge on any atom is 0.0701 e. The maximum atomic E-state index is 9.19. The molecule has 0 radical (unpaired) electrons. The van der Waals surface area contributed by atoms with E-state index in [1.54, 1.807) is 11.3 Å². The number of halogens is 1. The van der Waals surface area contributed by atoms with E-state index in [2.05, 4.69) is 57.6 Å². The van der Waals surface area contributed by atoms with Crippen LogP contribution < -0.4 is 5.32 Å². The SMILES string of the molecule is OCCC(CNCc1ccc(Br)s1)c1ccccc1. The Morgan fingerprint density at radius 2 is 1.95 bits per heavy atom. The average molecular weight is 340 g/mol. The molecule has 0 fully saturated rings. The summed E-state index contributed by atoms with van der Waals surface area (Å²) in [6.45, 7) is 2.00. The van der Waals surface area contributed by atoms with Crippen LogP contribution in [-0.2, 0) is 6.54 Å². The molecule has 0 amide bonds. The molecule has 1 aromatic heterocycles. The van der Waals surface area contributed by atoms with Crippen LogP contribution in [-0.4, -0.2) is 18.3 Å². The smallest absolute Gasteiger partial charge is 0.0701 e. The number of rotatable bonds is 7. The Hall–Kier alpha value is -0.680. The van der Waals surface area contributed by atoms with Crippen molar-refractivity contribution in [1.82, 2.24) is 5.32 Å². The van der Waals surface area contributed by atoms with Crippen LogP contribution in [0.2, 0.25) is 0 Å². The summed E-state index contributed by atoms with van der Waals surface area (Å²) in [6.07, 6.45) is 0.797. The average Bonchev–Trinajstić information content (AvgIpc) is 2.84. The maximum absolute atomic E-state index is 9.19. The highest BCUT2D eigenvalue weighted by atomic mass is 79.9. The van der Waals surface area contributed by atoms with E-state index in [9.17, 15) is 5.11 Å². The molecular weight excluding hydrogens is 322 g/mol. The minimum absolute atomic E-state index is 0.228. The van der Waals surface area contributed by atoms with E-state index < -0.39 is 0 Å². The molecule has 4 heteroatoms. The summed E-state index contributed by atoms with van der Waals surface area (Å²) in [5, 5.41) is 12.7. The molecule has 0 saturated carbocycles. The van der Waals surface area contributed by atoms with Gasteiger partial charge in [-0.2, -0.15) is 0 Å². The third-order valence-electron chi connectivity index (χ3n) is 3.07. The van der Waals surface area contributed by atoms with Gasteiger partial charge < -0.3 is 10.4 Å². The first-order valence-corrected chi connectivity index (χ1v) is 8.01. The van der Waals surface area contributed by atoms with Gasteiger partial charge in [0.05, 0.1) is 3.79 Å². The monoisotopic (exact) mass is 339 g/mol. The van der Waals surface area contributed by atoms with Crippen LogP contribution in [0.25, 0.3) is 0 Å². The van der Waals surface area contributed by atoms with Crippen LogP contribution in [0.4, 0.5) is 0 Å². The van der Waals surface area contributed by atoms with E-state index in [-0.39, 0.29) is 6.61 Å². The van der Waals surface area contributed by atoms with Crippen molar-refractivity contribution in [1.29, 1.82) is 0 Å². The van der Waals surface area contributed by atoms with E-state index in [1.807, 2.05) is 6.07 Å². The molecule has 2 rings (SSSR count). The summed E-state index contributed by atoms with van der Waals surface area (Å²) in [4.78, 5) is 1.32. The topological polar surface area (TPSA) is 32.3 Å². The Balaban J connectivity index is 1.87. The predicted molar refractivity (Wildman–Crippen MR) is 84.6 cm³/mol.